The molecule has 0 bridgehead atoms. The average molecular weight is 218 g/mol. The van der Waals surface area contributed by atoms with E-state index in [1.807, 2.05) is 19.1 Å². The second-order valence-corrected chi connectivity index (χ2v) is 3.58. The maximum Gasteiger partial charge on any atom is 0.0992 e. The molecule has 2 aromatic rings. The van der Waals surface area contributed by atoms with E-state index in [1.54, 1.807) is 23.0 Å². The van der Waals surface area contributed by atoms with Gasteiger partial charge in [0.25, 0.3) is 0 Å². The standard InChI is InChI=1S/C11H8ClN3/c1-8-11(12)7-15(14-8)10-4-2-3-9(5-10)6-13/h2-5,7H,1H3. The third kappa shape index (κ3) is 1.85. The van der Waals surface area contributed by atoms with Crippen LogP contribution in [0, 0.1) is 18.3 Å². The van der Waals surface area contributed by atoms with Crippen LogP contribution in [0.2, 0.25) is 5.02 Å². The van der Waals surface area contributed by atoms with E-state index in [0.29, 0.717) is 10.6 Å². The highest BCUT2D eigenvalue weighted by Crippen LogP contribution is 2.16. The second-order valence-electron chi connectivity index (χ2n) is 3.17. The number of nitrogens with zero attached hydrogens (tertiary/aromatic N) is 3. The molecule has 0 atom stereocenters. The molecular formula is C11H8ClN3. The van der Waals surface area contributed by atoms with E-state index < -0.39 is 0 Å². The first-order valence-corrected chi connectivity index (χ1v) is 4.81. The van der Waals surface area contributed by atoms with Crippen LogP contribution >= 0.6 is 11.6 Å². The van der Waals surface area contributed by atoms with Crippen LogP contribution < -0.4 is 0 Å². The molecule has 3 nitrogen and oxygen atoms in total. The highest BCUT2D eigenvalue weighted by Gasteiger charge is 2.03. The Kier molecular flexibility index (Phi) is 2.44. The van der Waals surface area contributed by atoms with Crippen molar-refractivity contribution in [1.82, 2.24) is 9.78 Å². The van der Waals surface area contributed by atoms with Crippen LogP contribution in [-0.2, 0) is 0 Å². The van der Waals surface area contributed by atoms with E-state index in [-0.39, 0.29) is 0 Å². The number of aromatic nitrogens is 2. The Hall–Kier alpha value is -1.79. The van der Waals surface area contributed by atoms with Crippen molar-refractivity contribution in [3.05, 3.63) is 46.7 Å². The van der Waals surface area contributed by atoms with Gasteiger partial charge in [-0.25, -0.2) is 4.68 Å². The SMILES string of the molecule is Cc1nn(-c2cccc(C#N)c2)cc1Cl. The summed E-state index contributed by atoms with van der Waals surface area (Å²) in [5, 5.41) is 13.6. The first kappa shape index (κ1) is 9.75. The summed E-state index contributed by atoms with van der Waals surface area (Å²) >= 11 is 5.90. The fraction of sp³-hybridized carbons (Fsp3) is 0.0909. The van der Waals surface area contributed by atoms with Gasteiger partial charge in [-0.2, -0.15) is 10.4 Å². The van der Waals surface area contributed by atoms with Crippen LogP contribution in [0.5, 0.6) is 0 Å². The molecular weight excluding hydrogens is 210 g/mol. The molecule has 15 heavy (non-hydrogen) atoms. The third-order valence-corrected chi connectivity index (χ3v) is 2.45. The lowest BCUT2D eigenvalue weighted by atomic mass is 10.2. The van der Waals surface area contributed by atoms with Crippen molar-refractivity contribution in [1.29, 1.82) is 5.26 Å². The lowest BCUT2D eigenvalue weighted by Gasteiger charge is -2.00. The lowest BCUT2D eigenvalue weighted by Crippen LogP contribution is -1.94. The Morgan fingerprint density at radius 2 is 2.27 bits per heavy atom. The van der Waals surface area contributed by atoms with Gasteiger partial charge < -0.3 is 0 Å². The van der Waals surface area contributed by atoms with Gasteiger partial charge >= 0.3 is 0 Å². The maximum atomic E-state index is 8.76. The van der Waals surface area contributed by atoms with E-state index in [2.05, 4.69) is 11.2 Å². The summed E-state index contributed by atoms with van der Waals surface area (Å²) in [5.74, 6) is 0. The van der Waals surface area contributed by atoms with E-state index in [0.717, 1.165) is 11.4 Å². The monoisotopic (exact) mass is 217 g/mol. The second kappa shape index (κ2) is 3.76. The zero-order chi connectivity index (χ0) is 10.8. The van der Waals surface area contributed by atoms with Gasteiger partial charge in [0.05, 0.1) is 28.0 Å². The van der Waals surface area contributed by atoms with Crippen molar-refractivity contribution in [3.8, 4) is 11.8 Å². The fourth-order valence-electron chi connectivity index (χ4n) is 1.29. The molecule has 0 N–H and O–H groups in total. The molecule has 0 amide bonds. The van der Waals surface area contributed by atoms with E-state index in [1.165, 1.54) is 0 Å². The van der Waals surface area contributed by atoms with Crippen LogP contribution in [-0.4, -0.2) is 9.78 Å². The Labute approximate surface area is 92.5 Å². The number of aryl methyl sites for hydroxylation is 1. The molecule has 1 heterocycles. The van der Waals surface area contributed by atoms with Gasteiger partial charge in [0, 0.05) is 6.20 Å². The average Bonchev–Trinajstić information content (AvgIpc) is 2.59. The van der Waals surface area contributed by atoms with Crippen LogP contribution in [0.4, 0.5) is 0 Å². The third-order valence-electron chi connectivity index (χ3n) is 2.08. The van der Waals surface area contributed by atoms with E-state index in [9.17, 15) is 0 Å². The smallest absolute Gasteiger partial charge is 0.0992 e. The van der Waals surface area contributed by atoms with Gasteiger partial charge in [-0.05, 0) is 25.1 Å². The van der Waals surface area contributed by atoms with E-state index >= 15 is 0 Å². The van der Waals surface area contributed by atoms with Crippen molar-refractivity contribution in [3.63, 3.8) is 0 Å². The Balaban J connectivity index is 2.50. The van der Waals surface area contributed by atoms with Crippen molar-refractivity contribution in [2.45, 2.75) is 6.92 Å². The predicted octanol–water partition coefficient (Wildman–Crippen LogP) is 2.71. The molecule has 1 aromatic carbocycles. The number of halogens is 1. The van der Waals surface area contributed by atoms with Crippen molar-refractivity contribution in [2.24, 2.45) is 0 Å². The summed E-state index contributed by atoms with van der Waals surface area (Å²) in [7, 11) is 0. The predicted molar refractivity (Wildman–Crippen MR) is 58.0 cm³/mol. The molecule has 0 saturated carbocycles. The molecule has 0 aliphatic carbocycles. The number of nitriles is 1. The molecule has 0 aliphatic rings. The van der Waals surface area contributed by atoms with Crippen LogP contribution in [0.3, 0.4) is 0 Å². The Morgan fingerprint density at radius 3 is 2.87 bits per heavy atom. The van der Waals surface area contributed by atoms with Gasteiger partial charge in [0.15, 0.2) is 0 Å². The highest BCUT2D eigenvalue weighted by atomic mass is 35.5. The Bertz CT molecular complexity index is 518. The number of hydrogen-bond acceptors (Lipinski definition) is 2. The van der Waals surface area contributed by atoms with Gasteiger partial charge in [-0.1, -0.05) is 17.7 Å². The van der Waals surface area contributed by atoms with Crippen LogP contribution in [0.1, 0.15) is 11.3 Å². The summed E-state index contributed by atoms with van der Waals surface area (Å²) in [5.41, 5.74) is 2.22. The van der Waals surface area contributed by atoms with Crippen molar-refractivity contribution < 1.29 is 0 Å². The highest BCUT2D eigenvalue weighted by molar-refractivity contribution is 6.31. The van der Waals surface area contributed by atoms with Gasteiger partial charge in [-0.15, -0.1) is 0 Å². The zero-order valence-corrected chi connectivity index (χ0v) is 8.86. The van der Waals surface area contributed by atoms with Crippen molar-refractivity contribution >= 4 is 11.6 Å². The summed E-state index contributed by atoms with van der Waals surface area (Å²) in [4.78, 5) is 0. The van der Waals surface area contributed by atoms with Gasteiger partial charge in [0.2, 0.25) is 0 Å². The largest absolute Gasteiger partial charge is 0.239 e. The molecule has 0 spiro atoms. The van der Waals surface area contributed by atoms with Crippen molar-refractivity contribution in [2.75, 3.05) is 0 Å². The quantitative estimate of drug-likeness (QED) is 0.737. The van der Waals surface area contributed by atoms with Gasteiger partial charge in [0.1, 0.15) is 0 Å². The number of benzene rings is 1. The molecule has 0 saturated heterocycles. The molecule has 0 fully saturated rings. The Morgan fingerprint density at radius 1 is 1.47 bits per heavy atom. The minimum Gasteiger partial charge on any atom is -0.239 e. The number of rotatable bonds is 1. The molecule has 74 valence electrons. The summed E-state index contributed by atoms with van der Waals surface area (Å²) < 4.78 is 1.67. The molecule has 1 aromatic heterocycles. The normalized spacial score (nSPS) is 9.93. The molecule has 4 heteroatoms. The maximum absolute atomic E-state index is 8.76. The van der Waals surface area contributed by atoms with Crippen LogP contribution in [0.25, 0.3) is 5.69 Å². The first-order valence-electron chi connectivity index (χ1n) is 4.43. The lowest BCUT2D eigenvalue weighted by molar-refractivity contribution is 0.862. The van der Waals surface area contributed by atoms with Gasteiger partial charge in [-0.3, -0.25) is 0 Å². The molecule has 2 rings (SSSR count). The molecule has 0 aliphatic heterocycles. The minimum absolute atomic E-state index is 0.608. The fourth-order valence-corrected chi connectivity index (χ4v) is 1.42. The van der Waals surface area contributed by atoms with E-state index in [4.69, 9.17) is 16.9 Å². The summed E-state index contributed by atoms with van der Waals surface area (Å²) in [6.45, 7) is 1.84. The number of hydrogen-bond donors (Lipinski definition) is 0. The molecule has 0 unspecified atom stereocenters. The zero-order valence-electron chi connectivity index (χ0n) is 8.11. The summed E-state index contributed by atoms with van der Waals surface area (Å²) in [6, 6.07) is 9.30. The topological polar surface area (TPSA) is 41.6 Å². The molecule has 0 radical (unpaired) electrons. The van der Waals surface area contributed by atoms with Crippen LogP contribution in [0.15, 0.2) is 30.5 Å². The first-order chi connectivity index (χ1) is 7.20. The summed E-state index contributed by atoms with van der Waals surface area (Å²) in [6.07, 6.45) is 1.73. The minimum atomic E-state index is 0.608.